The summed E-state index contributed by atoms with van der Waals surface area (Å²) in [7, 11) is 1.86. The second-order valence-electron chi connectivity index (χ2n) is 3.24. The van der Waals surface area contributed by atoms with Crippen LogP contribution in [0, 0.1) is 0 Å². The zero-order valence-electron chi connectivity index (χ0n) is 8.47. The normalized spacial score (nSPS) is 12.6. The molecule has 0 saturated carbocycles. The summed E-state index contributed by atoms with van der Waals surface area (Å²) in [5.74, 6) is 0.831. The van der Waals surface area contributed by atoms with Crippen molar-refractivity contribution in [3.63, 3.8) is 0 Å². The Labute approximate surface area is 88.1 Å². The Hall–Kier alpha value is -1.81. The molecule has 2 heterocycles. The molecule has 0 aliphatic rings. The van der Waals surface area contributed by atoms with Gasteiger partial charge in [-0.05, 0) is 25.2 Å². The Morgan fingerprint density at radius 2 is 2.33 bits per heavy atom. The fraction of sp³-hybridized carbons (Fsp3) is 0.182. The number of furan rings is 1. The van der Waals surface area contributed by atoms with E-state index in [4.69, 9.17) is 10.2 Å². The topological polar surface area (TPSA) is 64.1 Å². The predicted octanol–water partition coefficient (Wildman–Crippen LogP) is 1.57. The van der Waals surface area contributed by atoms with E-state index in [9.17, 15) is 0 Å². The number of rotatable bonds is 3. The third kappa shape index (κ3) is 1.85. The summed E-state index contributed by atoms with van der Waals surface area (Å²) >= 11 is 0. The van der Waals surface area contributed by atoms with Crippen molar-refractivity contribution in [1.82, 2.24) is 10.3 Å². The smallest absolute Gasteiger partial charge is 0.125 e. The highest BCUT2D eigenvalue weighted by atomic mass is 16.3. The molecule has 2 aromatic heterocycles. The Morgan fingerprint density at radius 3 is 2.93 bits per heavy atom. The van der Waals surface area contributed by atoms with Gasteiger partial charge in [-0.2, -0.15) is 0 Å². The lowest BCUT2D eigenvalue weighted by molar-refractivity contribution is 0.463. The lowest BCUT2D eigenvalue weighted by atomic mass is 10.1. The van der Waals surface area contributed by atoms with E-state index in [1.54, 1.807) is 24.7 Å². The van der Waals surface area contributed by atoms with Crippen LogP contribution in [-0.4, -0.2) is 12.0 Å². The second kappa shape index (κ2) is 4.14. The minimum Gasteiger partial charge on any atom is -0.467 e. The van der Waals surface area contributed by atoms with Crippen molar-refractivity contribution in [3.05, 3.63) is 48.2 Å². The van der Waals surface area contributed by atoms with Crippen LogP contribution >= 0.6 is 0 Å². The molecule has 0 amide bonds. The molecule has 15 heavy (non-hydrogen) atoms. The second-order valence-corrected chi connectivity index (χ2v) is 3.24. The lowest BCUT2D eigenvalue weighted by Gasteiger charge is -2.15. The summed E-state index contributed by atoms with van der Waals surface area (Å²) in [5, 5.41) is 3.15. The number of hydrogen-bond donors (Lipinski definition) is 2. The van der Waals surface area contributed by atoms with Gasteiger partial charge in [-0.3, -0.25) is 4.98 Å². The number of nitrogens with two attached hydrogens (primary N) is 1. The molecule has 2 aromatic rings. The van der Waals surface area contributed by atoms with Crippen molar-refractivity contribution >= 4 is 5.69 Å². The van der Waals surface area contributed by atoms with Gasteiger partial charge in [-0.15, -0.1) is 0 Å². The molecule has 0 aliphatic heterocycles. The van der Waals surface area contributed by atoms with Crippen molar-refractivity contribution in [3.8, 4) is 0 Å². The first-order valence-corrected chi connectivity index (χ1v) is 4.73. The molecule has 0 aromatic carbocycles. The third-order valence-corrected chi connectivity index (χ3v) is 2.31. The summed E-state index contributed by atoms with van der Waals surface area (Å²) in [5.41, 5.74) is 7.52. The Morgan fingerprint density at radius 1 is 1.47 bits per heavy atom. The van der Waals surface area contributed by atoms with Crippen LogP contribution < -0.4 is 11.1 Å². The number of anilines is 1. The van der Waals surface area contributed by atoms with Crippen molar-refractivity contribution in [2.45, 2.75) is 6.04 Å². The van der Waals surface area contributed by atoms with Gasteiger partial charge >= 0.3 is 0 Å². The molecule has 0 radical (unpaired) electrons. The Kier molecular flexibility index (Phi) is 2.69. The van der Waals surface area contributed by atoms with Gasteiger partial charge in [0.15, 0.2) is 0 Å². The molecule has 0 spiro atoms. The predicted molar refractivity (Wildman–Crippen MR) is 58.3 cm³/mol. The summed E-state index contributed by atoms with van der Waals surface area (Å²) in [6.07, 6.45) is 5.07. The lowest BCUT2D eigenvalue weighted by Crippen LogP contribution is -2.18. The molecule has 1 unspecified atom stereocenters. The molecule has 0 saturated heterocycles. The Balaban J connectivity index is 2.40. The van der Waals surface area contributed by atoms with Gasteiger partial charge < -0.3 is 15.5 Å². The molecule has 78 valence electrons. The highest BCUT2D eigenvalue weighted by Gasteiger charge is 2.16. The summed E-state index contributed by atoms with van der Waals surface area (Å²) in [6.45, 7) is 0. The molecule has 2 rings (SSSR count). The first-order chi connectivity index (χ1) is 7.33. The first kappa shape index (κ1) is 9.73. The minimum atomic E-state index is -0.0475. The average Bonchev–Trinajstić information content (AvgIpc) is 2.75. The largest absolute Gasteiger partial charge is 0.467 e. The highest BCUT2D eigenvalue weighted by molar-refractivity contribution is 5.48. The fourth-order valence-electron chi connectivity index (χ4n) is 1.57. The zero-order chi connectivity index (χ0) is 10.7. The molecule has 0 aliphatic carbocycles. The van der Waals surface area contributed by atoms with E-state index in [2.05, 4.69) is 10.3 Å². The number of hydrogen-bond acceptors (Lipinski definition) is 4. The number of nitrogens with one attached hydrogen (secondary N) is 1. The van der Waals surface area contributed by atoms with Gasteiger partial charge in [-0.25, -0.2) is 0 Å². The van der Waals surface area contributed by atoms with Crippen LogP contribution in [-0.2, 0) is 0 Å². The van der Waals surface area contributed by atoms with Gasteiger partial charge in [0.2, 0.25) is 0 Å². The number of pyridine rings is 1. The number of nitrogen functional groups attached to an aromatic ring is 1. The third-order valence-electron chi connectivity index (χ3n) is 2.31. The van der Waals surface area contributed by atoms with Crippen LogP contribution in [0.3, 0.4) is 0 Å². The van der Waals surface area contributed by atoms with Crippen molar-refractivity contribution in [1.29, 1.82) is 0 Å². The van der Waals surface area contributed by atoms with Gasteiger partial charge in [0.25, 0.3) is 0 Å². The van der Waals surface area contributed by atoms with E-state index in [-0.39, 0.29) is 6.04 Å². The molecule has 4 nitrogen and oxygen atoms in total. The van der Waals surface area contributed by atoms with E-state index < -0.39 is 0 Å². The van der Waals surface area contributed by atoms with E-state index in [1.165, 1.54) is 0 Å². The molecule has 1 atom stereocenters. The standard InChI is InChI=1S/C11H13N3O/c1-13-11(10-3-2-6-15-10)8-7-14-5-4-9(8)12/h2-7,11,13H,1H3,(H2,12,14). The maximum atomic E-state index is 5.88. The summed E-state index contributed by atoms with van der Waals surface area (Å²) in [6, 6.07) is 5.50. The molecule has 0 bridgehead atoms. The summed E-state index contributed by atoms with van der Waals surface area (Å²) in [4.78, 5) is 4.06. The van der Waals surface area contributed by atoms with Crippen LogP contribution in [0.4, 0.5) is 5.69 Å². The van der Waals surface area contributed by atoms with Gasteiger partial charge in [-0.1, -0.05) is 0 Å². The van der Waals surface area contributed by atoms with Gasteiger partial charge in [0.1, 0.15) is 5.76 Å². The van der Waals surface area contributed by atoms with E-state index in [1.807, 2.05) is 19.2 Å². The van der Waals surface area contributed by atoms with Gasteiger partial charge in [0.05, 0.1) is 12.3 Å². The highest BCUT2D eigenvalue weighted by Crippen LogP contribution is 2.25. The van der Waals surface area contributed by atoms with E-state index in [0.717, 1.165) is 11.3 Å². The van der Waals surface area contributed by atoms with Crippen molar-refractivity contribution in [2.75, 3.05) is 12.8 Å². The molecule has 4 heteroatoms. The number of aromatic nitrogens is 1. The van der Waals surface area contributed by atoms with Crippen LogP contribution in [0.15, 0.2) is 41.3 Å². The van der Waals surface area contributed by atoms with Gasteiger partial charge in [0, 0.05) is 23.6 Å². The van der Waals surface area contributed by atoms with E-state index >= 15 is 0 Å². The monoisotopic (exact) mass is 203 g/mol. The van der Waals surface area contributed by atoms with E-state index in [0.29, 0.717) is 5.69 Å². The quantitative estimate of drug-likeness (QED) is 0.794. The SMILES string of the molecule is CNC(c1ccco1)c1cnccc1N. The van der Waals surface area contributed by atoms with Crippen LogP contribution in [0.25, 0.3) is 0 Å². The van der Waals surface area contributed by atoms with Crippen molar-refractivity contribution < 1.29 is 4.42 Å². The average molecular weight is 203 g/mol. The molecular weight excluding hydrogens is 190 g/mol. The maximum Gasteiger partial charge on any atom is 0.125 e. The first-order valence-electron chi connectivity index (χ1n) is 4.73. The minimum absolute atomic E-state index is 0.0475. The van der Waals surface area contributed by atoms with Crippen LogP contribution in [0.5, 0.6) is 0 Å². The van der Waals surface area contributed by atoms with Crippen molar-refractivity contribution in [2.24, 2.45) is 0 Å². The molecule has 3 N–H and O–H groups in total. The Bertz CT molecular complexity index is 425. The fourth-order valence-corrected chi connectivity index (χ4v) is 1.57. The molecular formula is C11H13N3O. The zero-order valence-corrected chi connectivity index (χ0v) is 8.47. The van der Waals surface area contributed by atoms with Crippen LogP contribution in [0.2, 0.25) is 0 Å². The summed E-state index contributed by atoms with van der Waals surface area (Å²) < 4.78 is 5.35. The number of nitrogens with zero attached hydrogens (tertiary/aromatic N) is 1. The maximum absolute atomic E-state index is 5.88. The van der Waals surface area contributed by atoms with Crippen LogP contribution in [0.1, 0.15) is 17.4 Å². The molecule has 0 fully saturated rings.